The maximum Gasteiger partial charge on any atom is 0.240 e. The Labute approximate surface area is 132 Å². The van der Waals surface area contributed by atoms with Gasteiger partial charge in [-0.25, -0.2) is 5.84 Å². The molecule has 0 saturated carbocycles. The van der Waals surface area contributed by atoms with E-state index < -0.39 is 0 Å². The van der Waals surface area contributed by atoms with Gasteiger partial charge in [-0.3, -0.25) is 0 Å². The summed E-state index contributed by atoms with van der Waals surface area (Å²) in [7, 11) is 0. The zero-order valence-corrected chi connectivity index (χ0v) is 13.1. The van der Waals surface area contributed by atoms with Gasteiger partial charge in [-0.1, -0.05) is 50.7 Å². The van der Waals surface area contributed by atoms with Gasteiger partial charge in [0.05, 0.1) is 10.0 Å². The van der Waals surface area contributed by atoms with Gasteiger partial charge < -0.3 is 10.2 Å². The van der Waals surface area contributed by atoms with E-state index in [1.807, 2.05) is 0 Å². The van der Waals surface area contributed by atoms with Crippen molar-refractivity contribution in [3.8, 4) is 11.6 Å². The number of nitrogen functional groups attached to an aromatic ring is 1. The third-order valence-electron chi connectivity index (χ3n) is 2.13. The van der Waals surface area contributed by atoms with Crippen molar-refractivity contribution in [3.63, 3.8) is 0 Å². The second-order valence-electron chi connectivity index (χ2n) is 3.43. The summed E-state index contributed by atoms with van der Waals surface area (Å²) < 4.78 is 6.38. The molecular formula is C11H7BrCl3N3O. The van der Waals surface area contributed by atoms with Crippen LogP contribution in [-0.4, -0.2) is 4.98 Å². The average Bonchev–Trinajstić information content (AvgIpc) is 2.35. The van der Waals surface area contributed by atoms with E-state index in [-0.39, 0.29) is 16.7 Å². The van der Waals surface area contributed by atoms with Gasteiger partial charge in [0.15, 0.2) is 5.82 Å². The molecular weight excluding hydrogens is 376 g/mol. The van der Waals surface area contributed by atoms with Crippen LogP contribution in [0.1, 0.15) is 0 Å². The number of anilines is 1. The van der Waals surface area contributed by atoms with E-state index >= 15 is 0 Å². The number of nitrogens with zero attached hydrogens (tertiary/aromatic N) is 1. The molecule has 0 radical (unpaired) electrons. The average molecular weight is 383 g/mol. The Bertz CT molecular complexity index is 624. The Balaban J connectivity index is 2.37. The van der Waals surface area contributed by atoms with Crippen LogP contribution in [0.2, 0.25) is 15.1 Å². The molecule has 0 aliphatic rings. The van der Waals surface area contributed by atoms with E-state index in [9.17, 15) is 0 Å². The molecule has 1 aromatic carbocycles. The van der Waals surface area contributed by atoms with E-state index in [0.717, 1.165) is 4.47 Å². The highest BCUT2D eigenvalue weighted by molar-refractivity contribution is 9.10. The Hall–Kier alpha value is -0.720. The van der Waals surface area contributed by atoms with Crippen molar-refractivity contribution in [2.75, 3.05) is 5.43 Å². The molecule has 4 nitrogen and oxygen atoms in total. The molecule has 3 N–H and O–H groups in total. The molecule has 0 saturated heterocycles. The molecule has 0 aliphatic heterocycles. The largest absolute Gasteiger partial charge is 0.436 e. The number of nitrogens with two attached hydrogens (primary N) is 1. The maximum absolute atomic E-state index is 6.04. The predicted molar refractivity (Wildman–Crippen MR) is 81.3 cm³/mol. The molecule has 100 valence electrons. The minimum Gasteiger partial charge on any atom is -0.436 e. The van der Waals surface area contributed by atoms with Crippen molar-refractivity contribution >= 4 is 56.6 Å². The molecule has 0 bridgehead atoms. The van der Waals surface area contributed by atoms with E-state index in [1.165, 1.54) is 6.07 Å². The molecule has 0 aliphatic carbocycles. The van der Waals surface area contributed by atoms with Gasteiger partial charge >= 0.3 is 0 Å². The van der Waals surface area contributed by atoms with Gasteiger partial charge in [0.2, 0.25) is 5.88 Å². The predicted octanol–water partition coefficient (Wildman–Crippen LogP) is 4.88. The lowest BCUT2D eigenvalue weighted by atomic mass is 10.3. The molecule has 0 fully saturated rings. The number of aromatic nitrogens is 1. The molecule has 0 unspecified atom stereocenters. The first-order valence-electron chi connectivity index (χ1n) is 4.97. The summed E-state index contributed by atoms with van der Waals surface area (Å²) >= 11 is 21.2. The number of rotatable bonds is 3. The summed E-state index contributed by atoms with van der Waals surface area (Å²) in [5.74, 6) is 6.12. The first kappa shape index (κ1) is 14.7. The van der Waals surface area contributed by atoms with Gasteiger partial charge in [-0.15, -0.1) is 0 Å². The number of pyridine rings is 1. The van der Waals surface area contributed by atoms with E-state index in [1.54, 1.807) is 18.2 Å². The van der Waals surface area contributed by atoms with Crippen molar-refractivity contribution in [2.45, 2.75) is 0 Å². The van der Waals surface area contributed by atoms with Crippen molar-refractivity contribution < 1.29 is 4.74 Å². The molecule has 0 amide bonds. The second kappa shape index (κ2) is 6.15. The molecule has 2 aromatic rings. The number of hydrazine groups is 1. The fourth-order valence-corrected chi connectivity index (χ4v) is 2.45. The third-order valence-corrected chi connectivity index (χ3v) is 3.48. The van der Waals surface area contributed by atoms with Crippen molar-refractivity contribution in [3.05, 3.63) is 43.8 Å². The van der Waals surface area contributed by atoms with Crippen LogP contribution in [-0.2, 0) is 0 Å². The van der Waals surface area contributed by atoms with Crippen molar-refractivity contribution in [2.24, 2.45) is 5.84 Å². The highest BCUT2D eigenvalue weighted by atomic mass is 79.9. The Morgan fingerprint density at radius 1 is 1.11 bits per heavy atom. The van der Waals surface area contributed by atoms with E-state index in [0.29, 0.717) is 15.8 Å². The topological polar surface area (TPSA) is 60.2 Å². The van der Waals surface area contributed by atoms with Crippen LogP contribution in [0.15, 0.2) is 28.7 Å². The zero-order valence-electron chi connectivity index (χ0n) is 9.25. The molecule has 2 rings (SSSR count). The quantitative estimate of drug-likeness (QED) is 0.586. The molecule has 1 heterocycles. The van der Waals surface area contributed by atoms with Gasteiger partial charge in [-0.2, -0.15) is 4.98 Å². The SMILES string of the molecule is NNc1nc(Oc2ccc(Br)cc2Cl)c(Cl)cc1Cl. The Morgan fingerprint density at radius 2 is 1.84 bits per heavy atom. The van der Waals surface area contributed by atoms with Crippen LogP contribution in [0.25, 0.3) is 0 Å². The molecule has 19 heavy (non-hydrogen) atoms. The lowest BCUT2D eigenvalue weighted by molar-refractivity contribution is 0.464. The van der Waals surface area contributed by atoms with Gasteiger partial charge in [0.25, 0.3) is 0 Å². The van der Waals surface area contributed by atoms with Gasteiger partial charge in [-0.05, 0) is 24.3 Å². The molecule has 8 heteroatoms. The van der Waals surface area contributed by atoms with Gasteiger partial charge in [0.1, 0.15) is 10.8 Å². The standard InChI is InChI=1S/C11H7BrCl3N3O/c12-5-1-2-9(6(13)3-5)19-11-8(15)4-7(14)10(17-11)18-16/h1-4H,16H2,(H,17,18). The lowest BCUT2D eigenvalue weighted by Crippen LogP contribution is -2.09. The summed E-state index contributed by atoms with van der Waals surface area (Å²) in [6.45, 7) is 0. The van der Waals surface area contributed by atoms with Crippen LogP contribution in [0.4, 0.5) is 5.82 Å². The number of halogens is 4. The summed E-state index contributed by atoms with van der Waals surface area (Å²) in [4.78, 5) is 4.06. The van der Waals surface area contributed by atoms with Crippen LogP contribution in [0.3, 0.4) is 0 Å². The summed E-state index contributed by atoms with van der Waals surface area (Å²) in [6.07, 6.45) is 0. The smallest absolute Gasteiger partial charge is 0.240 e. The summed E-state index contributed by atoms with van der Waals surface area (Å²) in [6, 6.07) is 6.65. The number of nitrogens with one attached hydrogen (secondary N) is 1. The normalized spacial score (nSPS) is 10.4. The van der Waals surface area contributed by atoms with Crippen LogP contribution in [0.5, 0.6) is 11.6 Å². The number of benzene rings is 1. The minimum absolute atomic E-state index is 0.156. The fourth-order valence-electron chi connectivity index (χ4n) is 1.28. The van der Waals surface area contributed by atoms with E-state index in [4.69, 9.17) is 45.4 Å². The first-order valence-corrected chi connectivity index (χ1v) is 6.89. The number of hydrogen-bond donors (Lipinski definition) is 2. The summed E-state index contributed by atoms with van der Waals surface area (Å²) in [5.41, 5.74) is 2.35. The Kier molecular flexibility index (Phi) is 4.76. The zero-order chi connectivity index (χ0) is 14.0. The number of ether oxygens (including phenoxy) is 1. The maximum atomic E-state index is 6.04. The number of hydrogen-bond acceptors (Lipinski definition) is 4. The van der Waals surface area contributed by atoms with Crippen molar-refractivity contribution in [1.82, 2.24) is 4.98 Å². The monoisotopic (exact) mass is 381 g/mol. The van der Waals surface area contributed by atoms with E-state index in [2.05, 4.69) is 26.3 Å². The molecule has 1 aromatic heterocycles. The molecule has 0 atom stereocenters. The second-order valence-corrected chi connectivity index (χ2v) is 5.56. The first-order chi connectivity index (χ1) is 9.01. The fraction of sp³-hybridized carbons (Fsp3) is 0. The molecule has 0 spiro atoms. The highest BCUT2D eigenvalue weighted by Gasteiger charge is 2.12. The van der Waals surface area contributed by atoms with Crippen molar-refractivity contribution in [1.29, 1.82) is 0 Å². The highest BCUT2D eigenvalue weighted by Crippen LogP contribution is 2.36. The minimum atomic E-state index is 0.156. The lowest BCUT2D eigenvalue weighted by Gasteiger charge is -2.10. The van der Waals surface area contributed by atoms with Crippen LogP contribution < -0.4 is 16.0 Å². The third kappa shape index (κ3) is 3.43. The van der Waals surface area contributed by atoms with Crippen LogP contribution in [0, 0.1) is 0 Å². The van der Waals surface area contributed by atoms with Crippen LogP contribution >= 0.6 is 50.7 Å². The van der Waals surface area contributed by atoms with Gasteiger partial charge in [0, 0.05) is 4.47 Å². The Morgan fingerprint density at radius 3 is 2.47 bits per heavy atom. The summed E-state index contributed by atoms with van der Waals surface area (Å²) in [5, 5.41) is 0.967.